The molecule has 0 saturated heterocycles. The summed E-state index contributed by atoms with van der Waals surface area (Å²) in [6.07, 6.45) is 0. The molecule has 1 amide bonds. The second kappa shape index (κ2) is 6.23. The first kappa shape index (κ1) is 14.8. The van der Waals surface area contributed by atoms with E-state index >= 15 is 0 Å². The Morgan fingerprint density at radius 2 is 2.05 bits per heavy atom. The molecular weight excluding hydrogens is 296 g/mol. The molecule has 0 saturated carbocycles. The van der Waals surface area contributed by atoms with Gasteiger partial charge in [-0.3, -0.25) is 14.9 Å². The van der Waals surface area contributed by atoms with Gasteiger partial charge in [-0.05, 0) is 24.3 Å². The van der Waals surface area contributed by atoms with Gasteiger partial charge in [0.15, 0.2) is 0 Å². The van der Waals surface area contributed by atoms with Crippen molar-refractivity contribution in [3.63, 3.8) is 0 Å². The Labute approximate surface area is 125 Å². The van der Waals surface area contributed by atoms with Crippen molar-refractivity contribution in [3.8, 4) is 5.75 Å². The molecule has 0 heterocycles. The van der Waals surface area contributed by atoms with Crippen LogP contribution in [0.25, 0.3) is 0 Å². The second-order valence-electron chi connectivity index (χ2n) is 4.14. The van der Waals surface area contributed by atoms with Gasteiger partial charge in [-0.15, -0.1) is 0 Å². The minimum absolute atomic E-state index is 0.126. The van der Waals surface area contributed by atoms with Crippen LogP contribution in [0.5, 0.6) is 5.75 Å². The lowest BCUT2D eigenvalue weighted by Gasteiger charge is -2.07. The van der Waals surface area contributed by atoms with Gasteiger partial charge in [0.25, 0.3) is 11.6 Å². The lowest BCUT2D eigenvalue weighted by atomic mass is 10.1. The van der Waals surface area contributed by atoms with E-state index in [1.807, 2.05) is 0 Å². The molecule has 0 atom stereocenters. The fourth-order valence-electron chi connectivity index (χ4n) is 1.71. The molecule has 2 rings (SSSR count). The first-order chi connectivity index (χ1) is 9.99. The van der Waals surface area contributed by atoms with Crippen molar-refractivity contribution < 1.29 is 14.5 Å². The number of nitrogens with zero attached hydrogens (tertiary/aromatic N) is 1. The quantitative estimate of drug-likeness (QED) is 0.692. The average Bonchev–Trinajstić information content (AvgIpc) is 2.46. The summed E-state index contributed by atoms with van der Waals surface area (Å²) in [6, 6.07) is 10.5. The summed E-state index contributed by atoms with van der Waals surface area (Å²) >= 11 is 5.83. The molecule has 0 radical (unpaired) electrons. The van der Waals surface area contributed by atoms with E-state index in [9.17, 15) is 14.9 Å². The topological polar surface area (TPSA) is 81.5 Å². The number of rotatable bonds is 4. The van der Waals surface area contributed by atoms with Gasteiger partial charge in [-0.1, -0.05) is 17.7 Å². The molecule has 21 heavy (non-hydrogen) atoms. The summed E-state index contributed by atoms with van der Waals surface area (Å²) in [5.41, 5.74) is 0.407. The lowest BCUT2D eigenvalue weighted by Crippen LogP contribution is -2.12. The predicted octanol–water partition coefficient (Wildman–Crippen LogP) is 3.51. The summed E-state index contributed by atoms with van der Waals surface area (Å²) in [4.78, 5) is 22.4. The van der Waals surface area contributed by atoms with Gasteiger partial charge in [0, 0.05) is 16.8 Å². The van der Waals surface area contributed by atoms with E-state index in [-0.39, 0.29) is 17.0 Å². The van der Waals surface area contributed by atoms with Crippen LogP contribution >= 0.6 is 11.6 Å². The van der Waals surface area contributed by atoms with Gasteiger partial charge < -0.3 is 10.1 Å². The second-order valence-corrected chi connectivity index (χ2v) is 4.58. The molecule has 6 nitrogen and oxygen atoms in total. The van der Waals surface area contributed by atoms with Crippen LogP contribution in [0.2, 0.25) is 5.02 Å². The largest absolute Gasteiger partial charge is 0.496 e. The molecule has 0 aliphatic rings. The third-order valence-corrected chi connectivity index (χ3v) is 2.92. The molecule has 2 aromatic carbocycles. The zero-order valence-corrected chi connectivity index (χ0v) is 11.8. The number of methoxy groups -OCH3 is 1. The number of carbonyl (C=O) groups excluding carboxylic acids is 1. The number of nitro groups is 1. The molecule has 0 unspecified atom stereocenters. The highest BCUT2D eigenvalue weighted by atomic mass is 35.5. The molecule has 0 spiro atoms. The van der Waals surface area contributed by atoms with Crippen LogP contribution in [0, 0.1) is 10.1 Å². The normalized spacial score (nSPS) is 10.0. The zero-order chi connectivity index (χ0) is 15.4. The van der Waals surface area contributed by atoms with Gasteiger partial charge >= 0.3 is 0 Å². The highest BCUT2D eigenvalue weighted by Crippen LogP contribution is 2.23. The molecule has 1 N–H and O–H groups in total. The number of ether oxygens (including phenoxy) is 1. The summed E-state index contributed by atoms with van der Waals surface area (Å²) < 4.78 is 4.96. The maximum absolute atomic E-state index is 12.1. The third kappa shape index (κ3) is 3.70. The molecule has 0 aromatic heterocycles. The number of hydrogen-bond donors (Lipinski definition) is 1. The SMILES string of the molecule is COc1cc(C(=O)Nc2cccc(Cl)c2)cc([N+](=O)[O-])c1. The summed E-state index contributed by atoms with van der Waals surface area (Å²) in [7, 11) is 1.37. The first-order valence-corrected chi connectivity index (χ1v) is 6.28. The number of nitro benzene ring substituents is 1. The van der Waals surface area contributed by atoms with Crippen LogP contribution in [-0.4, -0.2) is 17.9 Å². The Morgan fingerprint density at radius 3 is 2.67 bits per heavy atom. The van der Waals surface area contributed by atoms with Crippen LogP contribution in [0.4, 0.5) is 11.4 Å². The molecular formula is C14H11ClN2O4. The Balaban J connectivity index is 2.30. The molecule has 0 aliphatic heterocycles. The fraction of sp³-hybridized carbons (Fsp3) is 0.0714. The highest BCUT2D eigenvalue weighted by molar-refractivity contribution is 6.30. The van der Waals surface area contributed by atoms with E-state index in [1.165, 1.54) is 25.3 Å². The Bertz CT molecular complexity index is 703. The van der Waals surface area contributed by atoms with E-state index in [0.717, 1.165) is 0 Å². The van der Waals surface area contributed by atoms with E-state index in [1.54, 1.807) is 24.3 Å². The van der Waals surface area contributed by atoms with Crippen molar-refractivity contribution in [1.82, 2.24) is 0 Å². The average molecular weight is 307 g/mol. The minimum atomic E-state index is -0.585. The predicted molar refractivity (Wildman–Crippen MR) is 79.1 cm³/mol. The van der Waals surface area contributed by atoms with Crippen molar-refractivity contribution in [1.29, 1.82) is 0 Å². The van der Waals surface area contributed by atoms with Crippen molar-refractivity contribution in [3.05, 3.63) is 63.2 Å². The molecule has 0 bridgehead atoms. The fourth-order valence-corrected chi connectivity index (χ4v) is 1.90. The van der Waals surface area contributed by atoms with Crippen LogP contribution < -0.4 is 10.1 Å². The van der Waals surface area contributed by atoms with Gasteiger partial charge in [0.2, 0.25) is 0 Å². The zero-order valence-electron chi connectivity index (χ0n) is 11.0. The number of non-ortho nitro benzene ring substituents is 1. The molecule has 0 aliphatic carbocycles. The van der Waals surface area contributed by atoms with Crippen LogP contribution in [0.1, 0.15) is 10.4 Å². The van der Waals surface area contributed by atoms with E-state index in [2.05, 4.69) is 5.32 Å². The number of anilines is 1. The van der Waals surface area contributed by atoms with Crippen LogP contribution in [0.3, 0.4) is 0 Å². The van der Waals surface area contributed by atoms with Crippen LogP contribution in [-0.2, 0) is 0 Å². The number of halogens is 1. The first-order valence-electron chi connectivity index (χ1n) is 5.90. The maximum Gasteiger partial charge on any atom is 0.273 e. The van der Waals surface area contributed by atoms with Crippen molar-refractivity contribution in [2.45, 2.75) is 0 Å². The number of benzene rings is 2. The van der Waals surface area contributed by atoms with E-state index in [0.29, 0.717) is 10.7 Å². The van der Waals surface area contributed by atoms with Crippen LogP contribution in [0.15, 0.2) is 42.5 Å². The van der Waals surface area contributed by atoms with Gasteiger partial charge in [0.05, 0.1) is 23.7 Å². The number of nitrogens with one attached hydrogen (secondary N) is 1. The summed E-state index contributed by atoms with van der Waals surface area (Å²) in [5, 5.41) is 13.9. The van der Waals surface area contributed by atoms with Crippen molar-refractivity contribution >= 4 is 28.9 Å². The summed E-state index contributed by atoms with van der Waals surface area (Å²) in [6.45, 7) is 0. The van der Waals surface area contributed by atoms with Gasteiger partial charge in [-0.2, -0.15) is 0 Å². The third-order valence-electron chi connectivity index (χ3n) is 2.68. The molecule has 2 aromatic rings. The minimum Gasteiger partial charge on any atom is -0.496 e. The molecule has 108 valence electrons. The van der Waals surface area contributed by atoms with Gasteiger partial charge in [-0.25, -0.2) is 0 Å². The smallest absolute Gasteiger partial charge is 0.273 e. The van der Waals surface area contributed by atoms with Crippen molar-refractivity contribution in [2.24, 2.45) is 0 Å². The number of hydrogen-bond acceptors (Lipinski definition) is 4. The highest BCUT2D eigenvalue weighted by Gasteiger charge is 2.15. The monoisotopic (exact) mass is 306 g/mol. The number of amides is 1. The molecule has 0 fully saturated rings. The van der Waals surface area contributed by atoms with E-state index < -0.39 is 10.8 Å². The standard InChI is InChI=1S/C14H11ClN2O4/c1-21-13-6-9(5-12(8-13)17(19)20)14(18)16-11-4-2-3-10(15)7-11/h2-8H,1H3,(H,16,18). The van der Waals surface area contributed by atoms with E-state index in [4.69, 9.17) is 16.3 Å². The molecule has 7 heteroatoms. The Morgan fingerprint density at radius 1 is 1.29 bits per heavy atom. The Kier molecular flexibility index (Phi) is 4.39. The summed E-state index contributed by atoms with van der Waals surface area (Å²) in [5.74, 6) is -0.250. The van der Waals surface area contributed by atoms with Gasteiger partial charge in [0.1, 0.15) is 5.75 Å². The lowest BCUT2D eigenvalue weighted by molar-refractivity contribution is -0.384. The number of carbonyl (C=O) groups is 1. The maximum atomic E-state index is 12.1. The Hall–Kier alpha value is -2.60. The van der Waals surface area contributed by atoms with Crippen molar-refractivity contribution in [2.75, 3.05) is 12.4 Å².